The standard InChI is InChI=1S/C10H14N4/c1-4-14-9(5-6-12-14)10-7-11-8(2)13(10)3/h5-7H,4H2,1-3H3. The van der Waals surface area contributed by atoms with Crippen molar-refractivity contribution in [3.05, 3.63) is 24.3 Å². The van der Waals surface area contributed by atoms with Crippen LogP contribution in [0.2, 0.25) is 0 Å². The Morgan fingerprint density at radius 2 is 2.14 bits per heavy atom. The molecule has 0 aliphatic heterocycles. The van der Waals surface area contributed by atoms with Crippen molar-refractivity contribution in [1.82, 2.24) is 19.3 Å². The monoisotopic (exact) mass is 190 g/mol. The highest BCUT2D eigenvalue weighted by Gasteiger charge is 2.09. The minimum atomic E-state index is 0.882. The predicted octanol–water partition coefficient (Wildman–Crippen LogP) is 1.61. The molecule has 0 amide bonds. The van der Waals surface area contributed by atoms with Gasteiger partial charge in [-0.1, -0.05) is 0 Å². The Labute approximate surface area is 83.2 Å². The molecule has 0 aliphatic rings. The number of hydrogen-bond acceptors (Lipinski definition) is 2. The van der Waals surface area contributed by atoms with Crippen LogP contribution in [-0.4, -0.2) is 19.3 Å². The summed E-state index contributed by atoms with van der Waals surface area (Å²) < 4.78 is 4.04. The third-order valence-electron chi connectivity index (χ3n) is 2.50. The van der Waals surface area contributed by atoms with Gasteiger partial charge in [0.1, 0.15) is 5.82 Å². The van der Waals surface area contributed by atoms with Crippen LogP contribution < -0.4 is 0 Å². The van der Waals surface area contributed by atoms with Crippen LogP contribution in [0.15, 0.2) is 18.5 Å². The molecule has 2 aromatic rings. The van der Waals surface area contributed by atoms with E-state index in [2.05, 4.69) is 21.6 Å². The van der Waals surface area contributed by atoms with E-state index >= 15 is 0 Å². The lowest BCUT2D eigenvalue weighted by atomic mass is 10.3. The highest BCUT2D eigenvalue weighted by Crippen LogP contribution is 2.18. The van der Waals surface area contributed by atoms with E-state index in [4.69, 9.17) is 0 Å². The molecule has 0 spiro atoms. The van der Waals surface area contributed by atoms with E-state index in [1.54, 1.807) is 0 Å². The van der Waals surface area contributed by atoms with Gasteiger partial charge >= 0.3 is 0 Å². The highest BCUT2D eigenvalue weighted by atomic mass is 15.3. The zero-order valence-electron chi connectivity index (χ0n) is 8.73. The number of aromatic nitrogens is 4. The summed E-state index contributed by atoms with van der Waals surface area (Å²) in [6.07, 6.45) is 3.71. The summed E-state index contributed by atoms with van der Waals surface area (Å²) >= 11 is 0. The van der Waals surface area contributed by atoms with Crippen LogP contribution in [0, 0.1) is 6.92 Å². The van der Waals surface area contributed by atoms with Gasteiger partial charge in [0, 0.05) is 19.8 Å². The summed E-state index contributed by atoms with van der Waals surface area (Å²) in [6.45, 7) is 4.96. The van der Waals surface area contributed by atoms with Gasteiger partial charge in [0.15, 0.2) is 0 Å². The summed E-state index contributed by atoms with van der Waals surface area (Å²) in [6, 6.07) is 2.01. The average molecular weight is 190 g/mol. The predicted molar refractivity (Wildman–Crippen MR) is 54.8 cm³/mol. The van der Waals surface area contributed by atoms with Gasteiger partial charge in [-0.2, -0.15) is 5.10 Å². The van der Waals surface area contributed by atoms with E-state index in [0.717, 1.165) is 23.8 Å². The molecule has 74 valence electrons. The van der Waals surface area contributed by atoms with Gasteiger partial charge in [-0.3, -0.25) is 4.68 Å². The zero-order valence-corrected chi connectivity index (χ0v) is 8.73. The molecule has 0 atom stereocenters. The van der Waals surface area contributed by atoms with Gasteiger partial charge in [0.25, 0.3) is 0 Å². The number of imidazole rings is 1. The topological polar surface area (TPSA) is 35.6 Å². The molecule has 14 heavy (non-hydrogen) atoms. The Hall–Kier alpha value is -1.58. The maximum Gasteiger partial charge on any atom is 0.105 e. The summed E-state index contributed by atoms with van der Waals surface area (Å²) in [5, 5.41) is 4.24. The van der Waals surface area contributed by atoms with Crippen LogP contribution in [0.25, 0.3) is 11.4 Å². The largest absolute Gasteiger partial charge is 0.330 e. The lowest BCUT2D eigenvalue weighted by Gasteiger charge is -2.05. The summed E-state index contributed by atoms with van der Waals surface area (Å²) in [7, 11) is 2.02. The molecule has 4 nitrogen and oxygen atoms in total. The molecule has 4 heteroatoms. The molecule has 0 saturated carbocycles. The first-order valence-electron chi connectivity index (χ1n) is 4.74. The van der Waals surface area contributed by atoms with Gasteiger partial charge in [-0.15, -0.1) is 0 Å². The van der Waals surface area contributed by atoms with Crippen LogP contribution in [0.4, 0.5) is 0 Å². The molecule has 0 saturated heterocycles. The Morgan fingerprint density at radius 1 is 1.36 bits per heavy atom. The van der Waals surface area contributed by atoms with Gasteiger partial charge in [-0.05, 0) is 19.9 Å². The Bertz CT molecular complexity index is 439. The van der Waals surface area contributed by atoms with E-state index in [1.807, 2.05) is 37.1 Å². The SMILES string of the molecule is CCn1nccc1-c1cnc(C)n1C. The fourth-order valence-electron chi connectivity index (χ4n) is 1.54. The van der Waals surface area contributed by atoms with Crippen LogP contribution in [-0.2, 0) is 13.6 Å². The molecule has 0 N–H and O–H groups in total. The first-order valence-corrected chi connectivity index (χ1v) is 4.74. The Kier molecular flexibility index (Phi) is 2.11. The molecule has 0 unspecified atom stereocenters. The number of rotatable bonds is 2. The lowest BCUT2D eigenvalue weighted by molar-refractivity contribution is 0.662. The smallest absolute Gasteiger partial charge is 0.105 e. The molecular formula is C10H14N4. The molecule has 2 heterocycles. The van der Waals surface area contributed by atoms with Crippen molar-refractivity contribution in [3.63, 3.8) is 0 Å². The third-order valence-corrected chi connectivity index (χ3v) is 2.50. The molecular weight excluding hydrogens is 176 g/mol. The number of aryl methyl sites for hydroxylation is 2. The van der Waals surface area contributed by atoms with E-state index in [-0.39, 0.29) is 0 Å². The Balaban J connectivity index is 2.54. The van der Waals surface area contributed by atoms with Crippen molar-refractivity contribution in [2.24, 2.45) is 7.05 Å². The van der Waals surface area contributed by atoms with Crippen molar-refractivity contribution in [1.29, 1.82) is 0 Å². The zero-order chi connectivity index (χ0) is 10.1. The lowest BCUT2D eigenvalue weighted by Crippen LogP contribution is -2.02. The molecule has 0 aliphatic carbocycles. The first-order chi connectivity index (χ1) is 6.74. The van der Waals surface area contributed by atoms with Gasteiger partial charge < -0.3 is 4.57 Å². The van der Waals surface area contributed by atoms with E-state index in [9.17, 15) is 0 Å². The van der Waals surface area contributed by atoms with Crippen molar-refractivity contribution in [3.8, 4) is 11.4 Å². The van der Waals surface area contributed by atoms with Crippen molar-refractivity contribution < 1.29 is 0 Å². The molecule has 0 fully saturated rings. The fourth-order valence-corrected chi connectivity index (χ4v) is 1.54. The Morgan fingerprint density at radius 3 is 2.71 bits per heavy atom. The third kappa shape index (κ3) is 1.23. The first kappa shape index (κ1) is 8.99. The van der Waals surface area contributed by atoms with Gasteiger partial charge in [0.05, 0.1) is 17.6 Å². The normalized spacial score (nSPS) is 10.8. The second-order valence-corrected chi connectivity index (χ2v) is 3.28. The quantitative estimate of drug-likeness (QED) is 0.721. The van der Waals surface area contributed by atoms with E-state index < -0.39 is 0 Å². The van der Waals surface area contributed by atoms with Crippen LogP contribution >= 0.6 is 0 Å². The van der Waals surface area contributed by atoms with Crippen LogP contribution in [0.5, 0.6) is 0 Å². The summed E-state index contributed by atoms with van der Waals surface area (Å²) in [4.78, 5) is 4.27. The summed E-state index contributed by atoms with van der Waals surface area (Å²) in [5.41, 5.74) is 2.23. The van der Waals surface area contributed by atoms with E-state index in [0.29, 0.717) is 0 Å². The van der Waals surface area contributed by atoms with Gasteiger partial charge in [0.2, 0.25) is 0 Å². The molecule has 0 bridgehead atoms. The maximum atomic E-state index is 4.27. The van der Waals surface area contributed by atoms with Gasteiger partial charge in [-0.25, -0.2) is 4.98 Å². The molecule has 2 rings (SSSR count). The summed E-state index contributed by atoms with van der Waals surface area (Å²) in [5.74, 6) is 1.02. The average Bonchev–Trinajstić information content (AvgIpc) is 2.75. The second-order valence-electron chi connectivity index (χ2n) is 3.28. The number of hydrogen-bond donors (Lipinski definition) is 0. The highest BCUT2D eigenvalue weighted by molar-refractivity contribution is 5.54. The van der Waals surface area contributed by atoms with E-state index in [1.165, 1.54) is 0 Å². The minimum Gasteiger partial charge on any atom is -0.330 e. The molecule has 2 aromatic heterocycles. The van der Waals surface area contributed by atoms with Crippen LogP contribution in [0.1, 0.15) is 12.7 Å². The number of nitrogens with zero attached hydrogens (tertiary/aromatic N) is 4. The fraction of sp³-hybridized carbons (Fsp3) is 0.400. The van der Waals surface area contributed by atoms with Crippen LogP contribution in [0.3, 0.4) is 0 Å². The minimum absolute atomic E-state index is 0.882. The second kappa shape index (κ2) is 3.29. The van der Waals surface area contributed by atoms with Crippen molar-refractivity contribution in [2.75, 3.05) is 0 Å². The maximum absolute atomic E-state index is 4.27. The van der Waals surface area contributed by atoms with Crippen molar-refractivity contribution in [2.45, 2.75) is 20.4 Å². The van der Waals surface area contributed by atoms with Crippen molar-refractivity contribution >= 4 is 0 Å². The molecule has 0 aromatic carbocycles. The molecule has 0 radical (unpaired) electrons.